The van der Waals surface area contributed by atoms with Crippen molar-refractivity contribution < 1.29 is 0 Å². The predicted octanol–water partition coefficient (Wildman–Crippen LogP) is 4.21. The fourth-order valence-corrected chi connectivity index (χ4v) is 4.83. The summed E-state index contributed by atoms with van der Waals surface area (Å²) in [4.78, 5) is 31.4. The van der Waals surface area contributed by atoms with E-state index in [0.29, 0.717) is 22.7 Å². The molecule has 0 unspecified atom stereocenters. The van der Waals surface area contributed by atoms with Crippen LogP contribution in [0.4, 0.5) is 0 Å². The Hall–Kier alpha value is -2.27. The third kappa shape index (κ3) is 2.72. The first-order valence-corrected chi connectivity index (χ1v) is 9.59. The molecule has 1 saturated carbocycles. The summed E-state index contributed by atoms with van der Waals surface area (Å²) in [5.74, 6) is 1.11. The lowest BCUT2D eigenvalue weighted by molar-refractivity contribution is 0.414. The van der Waals surface area contributed by atoms with Gasteiger partial charge in [-0.15, -0.1) is 17.9 Å². The van der Waals surface area contributed by atoms with E-state index in [-0.39, 0.29) is 16.4 Å². The first-order valence-electron chi connectivity index (χ1n) is 8.78. The van der Waals surface area contributed by atoms with Gasteiger partial charge in [0.25, 0.3) is 5.56 Å². The number of rotatable bonds is 3. The van der Waals surface area contributed by atoms with E-state index in [1.54, 1.807) is 16.7 Å². The lowest BCUT2D eigenvalue weighted by Gasteiger charge is -2.24. The van der Waals surface area contributed by atoms with Crippen LogP contribution in [-0.2, 0) is 6.54 Å². The molecule has 1 fully saturated rings. The highest BCUT2D eigenvalue weighted by molar-refractivity contribution is 7.24. The number of hydrogen-bond donors (Lipinski definition) is 0. The Balaban J connectivity index is 2.07. The van der Waals surface area contributed by atoms with E-state index in [2.05, 4.69) is 6.58 Å². The monoisotopic (exact) mass is 352 g/mol. The molecule has 128 valence electrons. The average Bonchev–Trinajstić information content (AvgIpc) is 2.64. The zero-order chi connectivity index (χ0) is 17.4. The maximum atomic E-state index is 13.1. The Bertz CT molecular complexity index is 1070. The Morgan fingerprint density at radius 1 is 1.20 bits per heavy atom. The number of allylic oxidation sites excluding steroid dienone is 1. The van der Waals surface area contributed by atoms with E-state index in [1.165, 1.54) is 30.6 Å². The van der Waals surface area contributed by atoms with E-state index in [1.807, 2.05) is 18.2 Å². The summed E-state index contributed by atoms with van der Waals surface area (Å²) in [7, 11) is 0. The van der Waals surface area contributed by atoms with Crippen molar-refractivity contribution >= 4 is 31.6 Å². The fraction of sp³-hybridized carbons (Fsp3) is 0.350. The molecule has 2 heterocycles. The molecule has 1 aromatic carbocycles. The standard InChI is InChI=1S/C20H20N2O2S/c1-2-12-22-18(13-8-4-3-5-9-13)21-19-16(20(22)24)17(23)14-10-6-7-11-15(14)25-19/h2,6-7,10-11,13H,1,3-5,8-9,12H2. The summed E-state index contributed by atoms with van der Waals surface area (Å²) < 4.78 is 2.54. The summed E-state index contributed by atoms with van der Waals surface area (Å²) in [6.07, 6.45) is 7.39. The summed E-state index contributed by atoms with van der Waals surface area (Å²) in [5.41, 5.74) is -0.438. The van der Waals surface area contributed by atoms with Crippen LogP contribution in [0.25, 0.3) is 20.3 Å². The first-order chi connectivity index (χ1) is 12.2. The summed E-state index contributed by atoms with van der Waals surface area (Å²) >= 11 is 1.43. The number of hydrogen-bond acceptors (Lipinski definition) is 4. The number of nitrogens with zero attached hydrogens (tertiary/aromatic N) is 2. The van der Waals surface area contributed by atoms with E-state index >= 15 is 0 Å². The molecule has 4 rings (SSSR count). The summed E-state index contributed by atoms with van der Waals surface area (Å²) in [6.45, 7) is 4.17. The van der Waals surface area contributed by atoms with Crippen molar-refractivity contribution in [3.8, 4) is 0 Å². The Labute approximate surface area is 149 Å². The van der Waals surface area contributed by atoms with E-state index in [9.17, 15) is 9.59 Å². The second-order valence-corrected chi connectivity index (χ2v) is 7.65. The molecule has 0 bridgehead atoms. The Kier molecular flexibility index (Phi) is 4.25. The third-order valence-corrected chi connectivity index (χ3v) is 6.08. The third-order valence-electron chi connectivity index (χ3n) is 5.01. The minimum atomic E-state index is -0.225. The molecule has 2 aromatic heterocycles. The number of benzene rings is 1. The van der Waals surface area contributed by atoms with Crippen LogP contribution >= 0.6 is 11.3 Å². The van der Waals surface area contributed by atoms with Gasteiger partial charge in [0.15, 0.2) is 0 Å². The van der Waals surface area contributed by atoms with Gasteiger partial charge in [0.1, 0.15) is 16.0 Å². The molecule has 0 atom stereocenters. The molecule has 0 spiro atoms. The fourth-order valence-electron chi connectivity index (χ4n) is 3.78. The molecule has 0 radical (unpaired) electrons. The van der Waals surface area contributed by atoms with E-state index < -0.39 is 0 Å². The topological polar surface area (TPSA) is 52.0 Å². The van der Waals surface area contributed by atoms with Crippen molar-refractivity contribution in [3.63, 3.8) is 0 Å². The normalized spacial score (nSPS) is 15.7. The second kappa shape index (κ2) is 6.56. The van der Waals surface area contributed by atoms with Crippen molar-refractivity contribution in [2.75, 3.05) is 0 Å². The second-order valence-electron chi connectivity index (χ2n) is 6.62. The molecule has 0 aliphatic heterocycles. The maximum Gasteiger partial charge on any atom is 0.266 e. The van der Waals surface area contributed by atoms with Crippen molar-refractivity contribution in [3.05, 3.63) is 63.3 Å². The summed E-state index contributed by atoms with van der Waals surface area (Å²) in [5, 5.41) is 0.805. The van der Waals surface area contributed by atoms with Crippen LogP contribution in [0.3, 0.4) is 0 Å². The molecule has 4 nitrogen and oxygen atoms in total. The molecule has 1 aliphatic rings. The van der Waals surface area contributed by atoms with Gasteiger partial charge in [0.05, 0.1) is 0 Å². The molecular formula is C20H20N2O2S. The molecule has 1 aliphatic carbocycles. The van der Waals surface area contributed by atoms with Crippen molar-refractivity contribution in [2.24, 2.45) is 0 Å². The Morgan fingerprint density at radius 2 is 1.96 bits per heavy atom. The van der Waals surface area contributed by atoms with Crippen LogP contribution < -0.4 is 11.0 Å². The largest absolute Gasteiger partial charge is 0.292 e. The molecular weight excluding hydrogens is 332 g/mol. The zero-order valence-electron chi connectivity index (χ0n) is 14.0. The van der Waals surface area contributed by atoms with Crippen LogP contribution in [0.5, 0.6) is 0 Å². The first kappa shape index (κ1) is 16.2. The van der Waals surface area contributed by atoms with Crippen LogP contribution in [0.15, 0.2) is 46.5 Å². The van der Waals surface area contributed by atoms with Crippen LogP contribution in [0.1, 0.15) is 43.8 Å². The van der Waals surface area contributed by atoms with E-state index in [0.717, 1.165) is 23.4 Å². The van der Waals surface area contributed by atoms with Gasteiger partial charge < -0.3 is 0 Å². The molecule has 0 amide bonds. The highest BCUT2D eigenvalue weighted by Crippen LogP contribution is 2.32. The van der Waals surface area contributed by atoms with E-state index in [4.69, 9.17) is 4.98 Å². The van der Waals surface area contributed by atoms with Crippen molar-refractivity contribution in [1.29, 1.82) is 0 Å². The van der Waals surface area contributed by atoms with Gasteiger partial charge >= 0.3 is 0 Å². The average molecular weight is 352 g/mol. The van der Waals surface area contributed by atoms with Gasteiger partial charge in [0.2, 0.25) is 5.43 Å². The van der Waals surface area contributed by atoms with Gasteiger partial charge in [0, 0.05) is 22.5 Å². The maximum absolute atomic E-state index is 13.1. The predicted molar refractivity (Wildman–Crippen MR) is 104 cm³/mol. The van der Waals surface area contributed by atoms with Gasteiger partial charge in [-0.05, 0) is 25.0 Å². The molecule has 25 heavy (non-hydrogen) atoms. The minimum Gasteiger partial charge on any atom is -0.292 e. The number of fused-ring (bicyclic) bond motifs is 2. The van der Waals surface area contributed by atoms with Crippen LogP contribution in [-0.4, -0.2) is 9.55 Å². The van der Waals surface area contributed by atoms with Crippen molar-refractivity contribution in [2.45, 2.75) is 44.6 Å². The molecule has 5 heteroatoms. The quantitative estimate of drug-likeness (QED) is 0.524. The smallest absolute Gasteiger partial charge is 0.266 e. The molecule has 0 N–H and O–H groups in total. The lowest BCUT2D eigenvalue weighted by Crippen LogP contribution is -2.30. The lowest BCUT2D eigenvalue weighted by atomic mass is 9.88. The highest BCUT2D eigenvalue weighted by Gasteiger charge is 2.23. The summed E-state index contributed by atoms with van der Waals surface area (Å²) in [6, 6.07) is 7.43. The highest BCUT2D eigenvalue weighted by atomic mass is 32.1. The van der Waals surface area contributed by atoms with Gasteiger partial charge in [-0.3, -0.25) is 14.2 Å². The minimum absolute atomic E-state index is 0.213. The van der Waals surface area contributed by atoms with Crippen LogP contribution in [0, 0.1) is 0 Å². The van der Waals surface area contributed by atoms with Gasteiger partial charge in [-0.25, -0.2) is 4.98 Å². The molecule has 0 saturated heterocycles. The van der Waals surface area contributed by atoms with Crippen molar-refractivity contribution in [1.82, 2.24) is 9.55 Å². The zero-order valence-corrected chi connectivity index (χ0v) is 14.8. The number of aromatic nitrogens is 2. The van der Waals surface area contributed by atoms with Gasteiger partial charge in [-0.2, -0.15) is 0 Å². The Morgan fingerprint density at radius 3 is 2.72 bits per heavy atom. The molecule has 3 aromatic rings. The SMILES string of the molecule is C=CCn1c(C2CCCCC2)nc2sc3ccccc3c(=O)c2c1=O. The van der Waals surface area contributed by atoms with Crippen LogP contribution in [0.2, 0.25) is 0 Å². The van der Waals surface area contributed by atoms with Gasteiger partial charge in [-0.1, -0.05) is 37.5 Å².